The molecule has 0 aromatic heterocycles. The SMILES string of the molecule is O=S(O)O.O=[P+](O)O.[H-].[Na+]. The third-order valence-electron chi connectivity index (χ3n) is 0. The van der Waals surface area contributed by atoms with Gasteiger partial charge in [0.1, 0.15) is 0 Å². The zero-order chi connectivity index (χ0) is 7.15. The predicted octanol–water partition coefficient (Wildman–Crippen LogP) is -3.57. The fraction of sp³-hybridized carbons (Fsp3) is 0. The van der Waals surface area contributed by atoms with Gasteiger partial charge in [0.05, 0.1) is 0 Å². The van der Waals surface area contributed by atoms with Crippen LogP contribution in [0.4, 0.5) is 0 Å². The first-order valence-electron chi connectivity index (χ1n) is 1.11. The molecule has 0 rings (SSSR count). The average Bonchev–Trinajstić information content (AvgIpc) is 1.25. The van der Waals surface area contributed by atoms with E-state index in [2.05, 4.69) is 0 Å². The fourth-order valence-electron chi connectivity index (χ4n) is 0. The second kappa shape index (κ2) is 11.8. The fourth-order valence-corrected chi connectivity index (χ4v) is 0. The Morgan fingerprint density at radius 2 is 1.33 bits per heavy atom. The van der Waals surface area contributed by atoms with E-state index in [1.54, 1.807) is 0 Å². The van der Waals surface area contributed by atoms with Crippen LogP contribution in [-0.2, 0) is 15.9 Å². The summed E-state index contributed by atoms with van der Waals surface area (Å²) in [6.07, 6.45) is 0. The van der Waals surface area contributed by atoms with Crippen LogP contribution in [0.2, 0.25) is 0 Å². The van der Waals surface area contributed by atoms with E-state index in [4.69, 9.17) is 27.7 Å². The molecule has 0 aliphatic heterocycles. The standard InChI is InChI=1S/Na.HO3P.H2O3S.H/c;2*1-4(2)3;/h;(H-,1,2,3);(H2,1,2,3);/q+1;;;-1/p+1. The second-order valence-corrected chi connectivity index (χ2v) is 1.45. The average molecular weight is 187 g/mol. The van der Waals surface area contributed by atoms with Crippen molar-refractivity contribution in [3.8, 4) is 0 Å². The van der Waals surface area contributed by atoms with Crippen molar-refractivity contribution in [1.29, 1.82) is 0 Å². The molecule has 4 N–H and O–H groups in total. The molecule has 0 aromatic rings. The smallest absolute Gasteiger partial charge is 1.00 e. The first-order chi connectivity index (χ1) is 3.46. The van der Waals surface area contributed by atoms with Crippen LogP contribution in [0.25, 0.3) is 0 Å². The Morgan fingerprint density at radius 3 is 1.33 bits per heavy atom. The zero-order valence-corrected chi connectivity index (χ0v) is 8.17. The van der Waals surface area contributed by atoms with Crippen molar-refractivity contribution in [2.45, 2.75) is 0 Å². The minimum Gasteiger partial charge on any atom is -1.00 e. The molecule has 6 nitrogen and oxygen atoms in total. The maximum Gasteiger partial charge on any atom is 1.00 e. The maximum atomic E-state index is 8.70. The molecule has 0 atom stereocenters. The molecule has 9 heteroatoms. The van der Waals surface area contributed by atoms with Crippen LogP contribution in [0.5, 0.6) is 0 Å². The molecule has 0 saturated carbocycles. The van der Waals surface area contributed by atoms with Gasteiger partial charge in [0.2, 0.25) is 0 Å². The van der Waals surface area contributed by atoms with Crippen LogP contribution in [-0.4, -0.2) is 23.1 Å². The Bertz CT molecular complexity index is 75.7. The van der Waals surface area contributed by atoms with Gasteiger partial charge in [-0.1, -0.05) is 0 Å². The molecule has 52 valence electrons. The van der Waals surface area contributed by atoms with Gasteiger partial charge in [-0.05, 0) is 0 Å². The molecule has 0 aliphatic carbocycles. The molecule has 0 amide bonds. The summed E-state index contributed by atoms with van der Waals surface area (Å²) in [6, 6.07) is 0. The summed E-state index contributed by atoms with van der Waals surface area (Å²) >= 11 is -2.61. The van der Waals surface area contributed by atoms with Gasteiger partial charge in [-0.2, -0.15) is 4.21 Å². The molecule has 9 heavy (non-hydrogen) atoms. The van der Waals surface area contributed by atoms with E-state index in [1.165, 1.54) is 0 Å². The Balaban J connectivity index is -0.0000000300. The molecule has 0 unspecified atom stereocenters. The Hall–Kier alpha value is 1.09. The van der Waals surface area contributed by atoms with Gasteiger partial charge in [-0.15, -0.1) is 9.79 Å². The third kappa shape index (κ3) is 385. The number of rotatable bonds is 0. The van der Waals surface area contributed by atoms with Gasteiger partial charge in [0, 0.05) is 4.57 Å². The summed E-state index contributed by atoms with van der Waals surface area (Å²) in [6.45, 7) is 0. The quantitative estimate of drug-likeness (QED) is 0.177. The molecule has 0 radical (unpaired) electrons. The van der Waals surface area contributed by atoms with Crippen LogP contribution in [0.3, 0.4) is 0 Å². The zero-order valence-electron chi connectivity index (χ0n) is 5.46. The van der Waals surface area contributed by atoms with Crippen LogP contribution in [0, 0.1) is 0 Å². The molecule has 0 fully saturated rings. The van der Waals surface area contributed by atoms with Crippen LogP contribution >= 0.6 is 8.25 Å². The van der Waals surface area contributed by atoms with Crippen LogP contribution in [0.15, 0.2) is 0 Å². The van der Waals surface area contributed by atoms with Gasteiger partial charge in [0.15, 0.2) is 0 Å². The number of hydrogen-bond donors (Lipinski definition) is 4. The Morgan fingerprint density at radius 1 is 1.33 bits per heavy atom. The summed E-state index contributed by atoms with van der Waals surface area (Å²) in [5, 5.41) is 0. The summed E-state index contributed by atoms with van der Waals surface area (Å²) in [5.74, 6) is 0. The first kappa shape index (κ1) is 16.6. The molecule has 0 aromatic carbocycles. The van der Waals surface area contributed by atoms with E-state index < -0.39 is 19.6 Å². The Labute approximate surface area is 78.1 Å². The van der Waals surface area contributed by atoms with Crippen molar-refractivity contribution in [2.24, 2.45) is 0 Å². The van der Waals surface area contributed by atoms with Gasteiger partial charge in [-0.25, -0.2) is 0 Å². The maximum absolute atomic E-state index is 8.70. The molecular weight excluding hydrogens is 182 g/mol. The van der Waals surface area contributed by atoms with E-state index in [0.29, 0.717) is 0 Å². The molecule has 0 aliphatic rings. The minimum absolute atomic E-state index is 0. The largest absolute Gasteiger partial charge is 1.00 e. The van der Waals surface area contributed by atoms with Crippen LogP contribution in [0.1, 0.15) is 1.43 Å². The number of hydrogen-bond acceptors (Lipinski definition) is 2. The van der Waals surface area contributed by atoms with E-state index in [0.717, 1.165) is 0 Å². The third-order valence-corrected chi connectivity index (χ3v) is 0. The van der Waals surface area contributed by atoms with Crippen molar-refractivity contribution >= 4 is 19.6 Å². The minimum atomic E-state index is -2.87. The van der Waals surface area contributed by atoms with Crippen molar-refractivity contribution < 1.29 is 58.7 Å². The van der Waals surface area contributed by atoms with Crippen molar-refractivity contribution in [1.82, 2.24) is 0 Å². The van der Waals surface area contributed by atoms with E-state index in [9.17, 15) is 0 Å². The van der Waals surface area contributed by atoms with Crippen molar-refractivity contribution in [3.63, 3.8) is 0 Å². The molecule has 0 spiro atoms. The van der Waals surface area contributed by atoms with Crippen molar-refractivity contribution in [3.05, 3.63) is 0 Å². The summed E-state index contributed by atoms with van der Waals surface area (Å²) in [5.41, 5.74) is 0. The van der Waals surface area contributed by atoms with E-state index in [1.807, 2.05) is 0 Å². The topological polar surface area (TPSA) is 115 Å². The molecule has 0 heterocycles. The van der Waals surface area contributed by atoms with E-state index in [-0.39, 0.29) is 31.0 Å². The van der Waals surface area contributed by atoms with Crippen LogP contribution < -0.4 is 29.6 Å². The summed E-state index contributed by atoms with van der Waals surface area (Å²) < 4.78 is 31.5. The first-order valence-corrected chi connectivity index (χ1v) is 3.34. The molecule has 0 bridgehead atoms. The van der Waals surface area contributed by atoms with E-state index >= 15 is 0 Å². The van der Waals surface area contributed by atoms with Gasteiger partial charge >= 0.3 is 37.8 Å². The second-order valence-electron chi connectivity index (χ2n) is 0.483. The monoisotopic (exact) mass is 187 g/mol. The molecular formula is H5NaO6PS+. The van der Waals surface area contributed by atoms with Gasteiger partial charge in [-0.3, -0.25) is 9.11 Å². The van der Waals surface area contributed by atoms with Gasteiger partial charge in [0.25, 0.3) is 11.4 Å². The molecule has 0 saturated heterocycles. The summed E-state index contributed by atoms with van der Waals surface area (Å²) in [4.78, 5) is 14.2. The Kier molecular flexibility index (Phi) is 21.8. The van der Waals surface area contributed by atoms with Crippen molar-refractivity contribution in [2.75, 3.05) is 0 Å². The van der Waals surface area contributed by atoms with Gasteiger partial charge < -0.3 is 1.43 Å². The normalized spacial score (nSPS) is 6.78. The predicted molar refractivity (Wildman–Crippen MR) is 26.6 cm³/mol. The summed E-state index contributed by atoms with van der Waals surface area (Å²) in [7, 11) is -2.87.